The second kappa shape index (κ2) is 6.48. The topological polar surface area (TPSA) is 34.2 Å². The van der Waals surface area contributed by atoms with Gasteiger partial charge in [-0.25, -0.2) is 9.37 Å². The molecule has 0 fully saturated rings. The molecule has 4 heteroatoms. The van der Waals surface area contributed by atoms with Gasteiger partial charge in [-0.2, -0.15) is 0 Å². The zero-order chi connectivity index (χ0) is 14.5. The maximum Gasteiger partial charge on any atom is 0.218 e. The fraction of sp³-hybridized carbons (Fsp3) is 0.312. The van der Waals surface area contributed by atoms with Gasteiger partial charge in [-0.1, -0.05) is 19.1 Å². The average Bonchev–Trinajstić information content (AvgIpc) is 2.47. The molecule has 0 bridgehead atoms. The molecule has 0 spiro atoms. The van der Waals surface area contributed by atoms with Crippen molar-refractivity contribution in [2.45, 2.75) is 19.9 Å². The van der Waals surface area contributed by atoms with E-state index in [1.165, 1.54) is 6.07 Å². The Kier molecular flexibility index (Phi) is 4.69. The highest BCUT2D eigenvalue weighted by atomic mass is 19.1. The van der Waals surface area contributed by atoms with E-state index in [1.807, 2.05) is 26.0 Å². The molecular weight excluding hydrogens is 255 g/mol. The monoisotopic (exact) mass is 274 g/mol. The Balaban J connectivity index is 2.53. The second-order valence-corrected chi connectivity index (χ2v) is 4.59. The molecule has 20 heavy (non-hydrogen) atoms. The van der Waals surface area contributed by atoms with Crippen LogP contribution in [-0.2, 0) is 0 Å². The van der Waals surface area contributed by atoms with E-state index in [9.17, 15) is 4.39 Å². The summed E-state index contributed by atoms with van der Waals surface area (Å²) in [4.78, 5) is 4.22. The summed E-state index contributed by atoms with van der Waals surface area (Å²) in [6.45, 7) is 4.76. The quantitative estimate of drug-likeness (QED) is 0.909. The highest BCUT2D eigenvalue weighted by Crippen LogP contribution is 2.30. The number of methoxy groups -OCH3 is 1. The molecule has 2 rings (SSSR count). The number of pyridine rings is 1. The zero-order valence-corrected chi connectivity index (χ0v) is 12.0. The standard InChI is InChI=1S/C16H19FN2O/c1-4-18-15(13-6-5-9-19-16(13)20-3)14-10-12(17)8-7-11(14)2/h5-10,15,18H,4H2,1-3H3. The lowest BCUT2D eigenvalue weighted by molar-refractivity contribution is 0.387. The third kappa shape index (κ3) is 2.96. The molecule has 2 aromatic rings. The number of hydrogen-bond acceptors (Lipinski definition) is 3. The Labute approximate surface area is 118 Å². The minimum Gasteiger partial charge on any atom is -0.481 e. The van der Waals surface area contributed by atoms with Crippen LogP contribution in [0.5, 0.6) is 5.88 Å². The van der Waals surface area contributed by atoms with Crippen LogP contribution in [0.4, 0.5) is 4.39 Å². The smallest absolute Gasteiger partial charge is 0.218 e. The molecule has 0 saturated carbocycles. The van der Waals surface area contributed by atoms with E-state index in [1.54, 1.807) is 25.4 Å². The number of aromatic nitrogens is 1. The van der Waals surface area contributed by atoms with Crippen molar-refractivity contribution in [3.05, 3.63) is 59.0 Å². The van der Waals surface area contributed by atoms with Crippen LogP contribution >= 0.6 is 0 Å². The molecule has 0 amide bonds. The predicted molar refractivity (Wildman–Crippen MR) is 77.4 cm³/mol. The van der Waals surface area contributed by atoms with Gasteiger partial charge in [-0.15, -0.1) is 0 Å². The van der Waals surface area contributed by atoms with Gasteiger partial charge in [0.1, 0.15) is 5.82 Å². The SMILES string of the molecule is CCNC(c1cc(F)ccc1C)c1cccnc1OC. The van der Waals surface area contributed by atoms with Crippen LogP contribution in [0, 0.1) is 12.7 Å². The average molecular weight is 274 g/mol. The van der Waals surface area contributed by atoms with Crippen LogP contribution in [-0.4, -0.2) is 18.6 Å². The molecule has 1 N–H and O–H groups in total. The van der Waals surface area contributed by atoms with Gasteiger partial charge in [0.2, 0.25) is 5.88 Å². The maximum absolute atomic E-state index is 13.6. The Morgan fingerprint density at radius 1 is 1.30 bits per heavy atom. The van der Waals surface area contributed by atoms with Gasteiger partial charge in [-0.3, -0.25) is 0 Å². The molecule has 106 valence electrons. The van der Waals surface area contributed by atoms with Gasteiger partial charge >= 0.3 is 0 Å². The molecular formula is C16H19FN2O. The molecule has 0 saturated heterocycles. The van der Waals surface area contributed by atoms with Gasteiger partial charge in [0, 0.05) is 11.8 Å². The van der Waals surface area contributed by atoms with Crippen molar-refractivity contribution in [3.8, 4) is 5.88 Å². The first-order valence-corrected chi connectivity index (χ1v) is 6.65. The molecule has 1 aromatic carbocycles. The number of halogens is 1. The summed E-state index contributed by atoms with van der Waals surface area (Å²) in [5.41, 5.74) is 2.84. The van der Waals surface area contributed by atoms with Crippen molar-refractivity contribution >= 4 is 0 Å². The van der Waals surface area contributed by atoms with Crippen LogP contribution in [0.2, 0.25) is 0 Å². The van der Waals surface area contributed by atoms with Gasteiger partial charge in [0.15, 0.2) is 0 Å². The fourth-order valence-electron chi connectivity index (χ4n) is 2.31. The number of nitrogens with zero attached hydrogens (tertiary/aromatic N) is 1. The van der Waals surface area contributed by atoms with E-state index >= 15 is 0 Å². The Hall–Kier alpha value is -1.94. The molecule has 3 nitrogen and oxygen atoms in total. The van der Waals surface area contributed by atoms with Crippen molar-refractivity contribution in [1.82, 2.24) is 10.3 Å². The summed E-state index contributed by atoms with van der Waals surface area (Å²) < 4.78 is 18.9. The van der Waals surface area contributed by atoms with E-state index in [0.29, 0.717) is 5.88 Å². The number of hydrogen-bond donors (Lipinski definition) is 1. The third-order valence-electron chi connectivity index (χ3n) is 3.27. The third-order valence-corrected chi connectivity index (χ3v) is 3.27. The minimum atomic E-state index is -0.239. The van der Waals surface area contributed by atoms with Crippen molar-refractivity contribution < 1.29 is 9.13 Å². The van der Waals surface area contributed by atoms with Gasteiger partial charge in [0.25, 0.3) is 0 Å². The van der Waals surface area contributed by atoms with Crippen LogP contribution in [0.15, 0.2) is 36.5 Å². The Morgan fingerprint density at radius 2 is 2.10 bits per heavy atom. The zero-order valence-electron chi connectivity index (χ0n) is 12.0. The molecule has 1 aromatic heterocycles. The van der Waals surface area contributed by atoms with E-state index in [2.05, 4.69) is 10.3 Å². The van der Waals surface area contributed by atoms with Crippen LogP contribution in [0.1, 0.15) is 29.7 Å². The van der Waals surface area contributed by atoms with Crippen LogP contribution in [0.3, 0.4) is 0 Å². The molecule has 1 unspecified atom stereocenters. The van der Waals surface area contributed by atoms with Crippen molar-refractivity contribution in [2.75, 3.05) is 13.7 Å². The predicted octanol–water partition coefficient (Wildman–Crippen LogP) is 3.24. The second-order valence-electron chi connectivity index (χ2n) is 4.59. The van der Waals surface area contributed by atoms with Crippen LogP contribution < -0.4 is 10.1 Å². The number of ether oxygens (including phenoxy) is 1. The molecule has 0 aliphatic heterocycles. The number of nitrogens with one attached hydrogen (secondary N) is 1. The normalized spacial score (nSPS) is 12.2. The van der Waals surface area contributed by atoms with Gasteiger partial charge < -0.3 is 10.1 Å². The Bertz CT molecular complexity index is 586. The first-order valence-electron chi connectivity index (χ1n) is 6.65. The van der Waals surface area contributed by atoms with E-state index in [-0.39, 0.29) is 11.9 Å². The lowest BCUT2D eigenvalue weighted by atomic mass is 9.95. The molecule has 0 aliphatic rings. The summed E-state index contributed by atoms with van der Waals surface area (Å²) in [6.07, 6.45) is 1.68. The van der Waals surface area contributed by atoms with Crippen LogP contribution in [0.25, 0.3) is 0 Å². The number of benzene rings is 1. The lowest BCUT2D eigenvalue weighted by Crippen LogP contribution is -2.23. The first-order chi connectivity index (χ1) is 9.67. The molecule has 0 aliphatic carbocycles. The summed E-state index contributed by atoms with van der Waals surface area (Å²) in [7, 11) is 1.59. The largest absolute Gasteiger partial charge is 0.481 e. The summed E-state index contributed by atoms with van der Waals surface area (Å²) >= 11 is 0. The van der Waals surface area contributed by atoms with Gasteiger partial charge in [-0.05, 0) is 42.8 Å². The fourth-order valence-corrected chi connectivity index (χ4v) is 2.31. The lowest BCUT2D eigenvalue weighted by Gasteiger charge is -2.22. The molecule has 1 heterocycles. The van der Waals surface area contributed by atoms with E-state index in [4.69, 9.17) is 4.74 Å². The first kappa shape index (κ1) is 14.5. The molecule has 1 atom stereocenters. The highest BCUT2D eigenvalue weighted by Gasteiger charge is 2.20. The van der Waals surface area contributed by atoms with Crippen molar-refractivity contribution in [1.29, 1.82) is 0 Å². The van der Waals surface area contributed by atoms with Crippen molar-refractivity contribution in [3.63, 3.8) is 0 Å². The van der Waals surface area contributed by atoms with Gasteiger partial charge in [0.05, 0.1) is 13.2 Å². The van der Waals surface area contributed by atoms with Crippen molar-refractivity contribution in [2.24, 2.45) is 0 Å². The summed E-state index contributed by atoms with van der Waals surface area (Å²) in [5.74, 6) is 0.318. The summed E-state index contributed by atoms with van der Waals surface area (Å²) in [5, 5.41) is 3.37. The maximum atomic E-state index is 13.6. The number of aryl methyl sites for hydroxylation is 1. The summed E-state index contributed by atoms with van der Waals surface area (Å²) in [6, 6.07) is 8.50. The highest BCUT2D eigenvalue weighted by molar-refractivity contribution is 5.41. The number of rotatable bonds is 5. The van der Waals surface area contributed by atoms with E-state index < -0.39 is 0 Å². The Morgan fingerprint density at radius 3 is 2.80 bits per heavy atom. The molecule has 0 radical (unpaired) electrons. The van der Waals surface area contributed by atoms with E-state index in [0.717, 1.165) is 23.2 Å². The minimum absolute atomic E-state index is 0.139.